The number of aliphatic hydroxyl groups is 1. The zero-order valence-electron chi connectivity index (χ0n) is 39.6. The molecule has 15 N–H and O–H groups in total. The monoisotopic (exact) mass is 1010 g/mol. The van der Waals surface area contributed by atoms with Crippen molar-refractivity contribution in [1.82, 2.24) is 37.2 Å². The number of hydrogen-bond donors (Lipinski definition) is 14. The van der Waals surface area contributed by atoms with Crippen molar-refractivity contribution < 1.29 is 88.2 Å². The van der Waals surface area contributed by atoms with Crippen LogP contribution in [0.2, 0.25) is 0 Å². The Kier molecular flexibility index (Phi) is 25.0. The normalized spacial score (nSPS) is 14.7. The zero-order valence-corrected chi connectivity index (χ0v) is 39.6. The number of benzene rings is 2. The van der Waals surface area contributed by atoms with Crippen molar-refractivity contribution in [2.45, 2.75) is 133 Å². The average molecular weight is 1020 g/mol. The van der Waals surface area contributed by atoms with Crippen molar-refractivity contribution in [2.24, 2.45) is 11.7 Å². The van der Waals surface area contributed by atoms with E-state index in [1.165, 1.54) is 13.8 Å². The van der Waals surface area contributed by atoms with E-state index in [0.29, 0.717) is 11.1 Å². The lowest BCUT2D eigenvalue weighted by Gasteiger charge is -2.29. The Labute approximate surface area is 412 Å². The first kappa shape index (κ1) is 60.1. The van der Waals surface area contributed by atoms with E-state index >= 15 is 0 Å². The molecule has 2 aromatic carbocycles. The van der Waals surface area contributed by atoms with Crippen LogP contribution in [0.4, 0.5) is 0 Å². The predicted octanol–water partition coefficient (Wildman–Crippen LogP) is -2.62. The van der Waals surface area contributed by atoms with E-state index in [1.807, 2.05) is 0 Å². The number of carboxylic acids is 5. The fraction of sp³-hybridized carbons (Fsp3) is 0.478. The second-order valence-electron chi connectivity index (χ2n) is 17.0. The number of aliphatic hydroxyl groups excluding tert-OH is 1. The van der Waals surface area contributed by atoms with Gasteiger partial charge in [0, 0.05) is 25.7 Å². The summed E-state index contributed by atoms with van der Waals surface area (Å²) in [5.74, 6) is -15.7. The number of aliphatic carboxylic acids is 5. The van der Waals surface area contributed by atoms with E-state index in [1.54, 1.807) is 60.7 Å². The van der Waals surface area contributed by atoms with Crippen molar-refractivity contribution in [3.63, 3.8) is 0 Å². The van der Waals surface area contributed by atoms with Crippen LogP contribution in [0, 0.1) is 5.92 Å². The maximum atomic E-state index is 13.9. The number of hydrogen-bond acceptors (Lipinski definition) is 14. The number of nitrogens with two attached hydrogens (primary N) is 1. The van der Waals surface area contributed by atoms with Crippen molar-refractivity contribution in [3.8, 4) is 0 Å². The molecule has 0 saturated heterocycles. The van der Waals surface area contributed by atoms with Gasteiger partial charge in [-0.1, -0.05) is 74.5 Å². The number of carbonyl (C=O) groups is 12. The molecule has 0 spiro atoms. The van der Waals surface area contributed by atoms with Gasteiger partial charge in [0.1, 0.15) is 36.3 Å². The van der Waals surface area contributed by atoms with Gasteiger partial charge in [-0.15, -0.1) is 0 Å². The molecule has 0 aromatic heterocycles. The molecule has 394 valence electrons. The summed E-state index contributed by atoms with van der Waals surface area (Å²) in [7, 11) is 0. The van der Waals surface area contributed by atoms with Crippen molar-refractivity contribution in [2.75, 3.05) is 0 Å². The van der Waals surface area contributed by atoms with Gasteiger partial charge in [-0.25, -0.2) is 4.79 Å². The summed E-state index contributed by atoms with van der Waals surface area (Å²) in [4.78, 5) is 152. The molecule has 0 unspecified atom stereocenters. The lowest BCUT2D eigenvalue weighted by atomic mass is 9.98. The maximum absolute atomic E-state index is 13.9. The van der Waals surface area contributed by atoms with E-state index in [2.05, 4.69) is 37.2 Å². The van der Waals surface area contributed by atoms with Gasteiger partial charge in [0.2, 0.25) is 35.4 Å². The summed E-state index contributed by atoms with van der Waals surface area (Å²) < 4.78 is 0. The molecule has 0 heterocycles. The number of rotatable bonds is 32. The molecule has 0 fully saturated rings. The minimum atomic E-state index is -2.31. The second kappa shape index (κ2) is 29.9. The molecule has 0 saturated carbocycles. The topological polar surface area (TPSA) is 436 Å². The van der Waals surface area contributed by atoms with Gasteiger partial charge in [0.15, 0.2) is 6.10 Å². The maximum Gasteiger partial charge on any atom is 0.326 e. The molecule has 0 radical (unpaired) electrons. The molecular formula is C46H62N8O18. The highest BCUT2D eigenvalue weighted by Gasteiger charge is 2.37. The zero-order chi connectivity index (χ0) is 54.2. The van der Waals surface area contributed by atoms with Crippen LogP contribution in [-0.4, -0.2) is 156 Å². The number of nitrogens with one attached hydrogen (secondary N) is 7. The first-order valence-electron chi connectivity index (χ1n) is 22.5. The minimum Gasteiger partial charge on any atom is -0.481 e. The Morgan fingerprint density at radius 1 is 0.458 bits per heavy atom. The Morgan fingerprint density at radius 3 is 1.36 bits per heavy atom. The van der Waals surface area contributed by atoms with Gasteiger partial charge in [-0.05, 0) is 49.7 Å². The predicted molar refractivity (Wildman–Crippen MR) is 249 cm³/mol. The average Bonchev–Trinajstić information content (AvgIpc) is 3.31. The first-order chi connectivity index (χ1) is 33.8. The highest BCUT2D eigenvalue weighted by molar-refractivity contribution is 5.97. The third kappa shape index (κ3) is 21.7. The number of carboxylic acid groups (broad SMARTS) is 5. The van der Waals surface area contributed by atoms with Gasteiger partial charge >= 0.3 is 29.8 Å². The molecule has 72 heavy (non-hydrogen) atoms. The van der Waals surface area contributed by atoms with Crippen molar-refractivity contribution >= 4 is 71.2 Å². The lowest BCUT2D eigenvalue weighted by Crippen LogP contribution is -2.61. The van der Waals surface area contributed by atoms with Crippen LogP contribution in [0.5, 0.6) is 0 Å². The van der Waals surface area contributed by atoms with Crippen LogP contribution in [0.1, 0.15) is 76.8 Å². The summed E-state index contributed by atoms with van der Waals surface area (Å²) in [6.45, 7) is 4.13. The van der Waals surface area contributed by atoms with Crippen LogP contribution < -0.4 is 43.0 Å². The largest absolute Gasteiger partial charge is 0.481 e. The SMILES string of the molecule is CC(C)[C@H](NC(=O)[C@@H](N)CCC(=O)O)C(=O)N[C@@H](CCC(=O)O)C(=O)N[C@@H](Cc1ccccc1)[C@@H](O)C(=O)N[C@@H](CC(=O)O)C(=O)N[C@@H](C)C(=O)N[C@@H](CCC(=O)O)C(=O)N[C@@H](Cc1ccccc1)C(=O)O. The van der Waals surface area contributed by atoms with Crippen LogP contribution in [0.3, 0.4) is 0 Å². The molecule has 7 amide bonds. The van der Waals surface area contributed by atoms with Crippen LogP contribution in [0.25, 0.3) is 0 Å². The Morgan fingerprint density at radius 2 is 0.889 bits per heavy atom. The second-order valence-corrected chi connectivity index (χ2v) is 17.0. The first-order valence-corrected chi connectivity index (χ1v) is 22.5. The van der Waals surface area contributed by atoms with E-state index in [-0.39, 0.29) is 19.3 Å². The van der Waals surface area contributed by atoms with E-state index in [0.717, 1.165) is 6.92 Å². The van der Waals surface area contributed by atoms with Crippen molar-refractivity contribution in [3.05, 3.63) is 71.8 Å². The fourth-order valence-corrected chi connectivity index (χ4v) is 6.76. The molecule has 9 atom stereocenters. The summed E-state index contributed by atoms with van der Waals surface area (Å²) in [5, 5.41) is 74.5. The van der Waals surface area contributed by atoms with E-state index in [9.17, 15) is 83.1 Å². The third-order valence-electron chi connectivity index (χ3n) is 10.7. The lowest BCUT2D eigenvalue weighted by molar-refractivity contribution is -0.143. The molecule has 26 heteroatoms. The van der Waals surface area contributed by atoms with Gasteiger partial charge in [0.25, 0.3) is 5.91 Å². The number of carbonyl (C=O) groups excluding carboxylic acids is 7. The number of amides is 7. The molecule has 0 aliphatic carbocycles. The van der Waals surface area contributed by atoms with Gasteiger partial charge in [-0.2, -0.15) is 0 Å². The molecule has 26 nitrogen and oxygen atoms in total. The summed E-state index contributed by atoms with van der Waals surface area (Å²) >= 11 is 0. The smallest absolute Gasteiger partial charge is 0.326 e. The Hall–Kier alpha value is -8.00. The van der Waals surface area contributed by atoms with Gasteiger partial charge < -0.3 is 73.6 Å². The van der Waals surface area contributed by atoms with E-state index < -0.39 is 170 Å². The minimum absolute atomic E-state index is 0.178. The summed E-state index contributed by atoms with van der Waals surface area (Å²) in [6, 6.07) is 3.18. The molecule has 0 aliphatic heterocycles. The Bertz CT molecular complexity index is 2250. The molecule has 2 aromatic rings. The summed E-state index contributed by atoms with van der Waals surface area (Å²) in [6.07, 6.45) is -7.14. The molecule has 0 bridgehead atoms. The molecular weight excluding hydrogens is 953 g/mol. The standard InChI is InChI=1S/C46H62N8O18/c1-23(2)37(54-40(65)27(47)14-17-33(55)56)44(69)50-29(16-19-35(59)60)41(66)51-30(20-25-10-6-4-7-11-25)38(63)45(70)52-31(22-36(61)62)43(68)48-24(3)39(64)49-28(15-18-34(57)58)42(67)53-32(46(71)72)21-26-12-8-5-9-13-26/h4-13,23-24,27-32,37-38,63H,14-22,47H2,1-3H3,(H,48,68)(H,49,64)(H,50,69)(H,51,66)(H,52,70)(H,53,67)(H,54,65)(H,55,56)(H,57,58)(H,59,60)(H,61,62)(H,71,72)/t24-,27-,28-,29-,30-,31-,32-,37-,38+/m0/s1. The van der Waals surface area contributed by atoms with Gasteiger partial charge in [-0.3, -0.25) is 52.7 Å². The van der Waals surface area contributed by atoms with Crippen molar-refractivity contribution in [1.29, 1.82) is 0 Å². The summed E-state index contributed by atoms with van der Waals surface area (Å²) in [5.41, 5.74) is 6.74. The molecule has 2 rings (SSSR count). The Balaban J connectivity index is 2.34. The van der Waals surface area contributed by atoms with Crippen LogP contribution >= 0.6 is 0 Å². The van der Waals surface area contributed by atoms with Gasteiger partial charge in [0.05, 0.1) is 18.5 Å². The molecule has 0 aliphatic rings. The highest BCUT2D eigenvalue weighted by atomic mass is 16.4. The van der Waals surface area contributed by atoms with Crippen LogP contribution in [0.15, 0.2) is 60.7 Å². The fourth-order valence-electron chi connectivity index (χ4n) is 6.76. The highest BCUT2D eigenvalue weighted by Crippen LogP contribution is 2.12. The third-order valence-corrected chi connectivity index (χ3v) is 10.7. The van der Waals surface area contributed by atoms with Crippen LogP contribution in [-0.2, 0) is 70.4 Å². The quantitative estimate of drug-likeness (QED) is 0.0357. The van der Waals surface area contributed by atoms with E-state index in [4.69, 9.17) is 10.8 Å².